The van der Waals surface area contributed by atoms with Gasteiger partial charge in [0.15, 0.2) is 0 Å². The molecule has 0 atom stereocenters. The molecule has 0 aliphatic carbocycles. The van der Waals surface area contributed by atoms with Gasteiger partial charge in [-0.2, -0.15) is 0 Å². The maximum Gasteiger partial charge on any atom is 0.305 e. The fourth-order valence-corrected chi connectivity index (χ4v) is 2.78. The first-order chi connectivity index (χ1) is 13.6. The highest BCUT2D eigenvalue weighted by Gasteiger charge is 2.00. The summed E-state index contributed by atoms with van der Waals surface area (Å²) in [6.07, 6.45) is 22.0. The number of unbranched alkanes of at least 4 members (excludes halogenated alkanes) is 11. The van der Waals surface area contributed by atoms with Crippen molar-refractivity contribution in [2.45, 2.75) is 118 Å². The fourth-order valence-electron chi connectivity index (χ4n) is 2.78. The number of hydrogen-bond donors (Lipinski definition) is 0. The minimum atomic E-state index is -0.211. The lowest BCUT2D eigenvalue weighted by Gasteiger charge is -2.01. The zero-order valence-electron chi connectivity index (χ0n) is 19.1. The molecule has 28 heavy (non-hydrogen) atoms. The number of hydrogen-bond acceptors (Lipinski definition) is 4. The summed E-state index contributed by atoms with van der Waals surface area (Å²) in [4.78, 5) is 21.0. The standard InChI is InChI=1S/C20H38O2.C4H8O2/c1-3-5-6-7-8-9-10-11-12-13-14-15-16-17-18-19-20(21)22-4-2;1-3-6-4(2)5/h11-12H,3-10,13-19H2,1-2H3;3H2,1-2H3/b12-11-;. The molecule has 0 N–H and O–H groups in total. The summed E-state index contributed by atoms with van der Waals surface area (Å²) in [5, 5.41) is 0. The molecule has 0 aromatic carbocycles. The SMILES string of the molecule is CCCCCCCC/C=C\CCCCCCCC(=O)OCC.CCOC(C)=O. The van der Waals surface area contributed by atoms with Gasteiger partial charge in [-0.1, -0.05) is 70.4 Å². The number of rotatable bonds is 17. The van der Waals surface area contributed by atoms with Crippen molar-refractivity contribution in [3.63, 3.8) is 0 Å². The molecule has 0 saturated heterocycles. The Morgan fingerprint density at radius 1 is 0.643 bits per heavy atom. The third kappa shape index (κ3) is 29.4. The summed E-state index contributed by atoms with van der Waals surface area (Å²) in [6.45, 7) is 8.28. The molecule has 0 radical (unpaired) electrons. The second-order valence-corrected chi connectivity index (χ2v) is 7.06. The van der Waals surface area contributed by atoms with Crippen LogP contribution in [0.2, 0.25) is 0 Å². The van der Waals surface area contributed by atoms with E-state index in [9.17, 15) is 9.59 Å². The van der Waals surface area contributed by atoms with Gasteiger partial charge in [0, 0.05) is 13.3 Å². The molecular formula is C24H46O4. The number of esters is 2. The van der Waals surface area contributed by atoms with E-state index < -0.39 is 0 Å². The molecule has 0 bridgehead atoms. The van der Waals surface area contributed by atoms with Crippen LogP contribution in [0.3, 0.4) is 0 Å². The van der Waals surface area contributed by atoms with Crippen molar-refractivity contribution in [2.75, 3.05) is 13.2 Å². The monoisotopic (exact) mass is 398 g/mol. The van der Waals surface area contributed by atoms with E-state index in [-0.39, 0.29) is 11.9 Å². The molecule has 166 valence electrons. The summed E-state index contributed by atoms with van der Waals surface area (Å²) < 4.78 is 9.32. The fraction of sp³-hybridized carbons (Fsp3) is 0.833. The van der Waals surface area contributed by atoms with Crippen molar-refractivity contribution in [3.8, 4) is 0 Å². The van der Waals surface area contributed by atoms with Gasteiger partial charge in [0.05, 0.1) is 13.2 Å². The van der Waals surface area contributed by atoms with E-state index in [4.69, 9.17) is 4.74 Å². The predicted octanol–water partition coefficient (Wildman–Crippen LogP) is 7.16. The Bertz CT molecular complexity index is 364. The van der Waals surface area contributed by atoms with Crippen LogP contribution in [0.25, 0.3) is 0 Å². The number of carbonyl (C=O) groups is 2. The smallest absolute Gasteiger partial charge is 0.305 e. The highest BCUT2D eigenvalue weighted by atomic mass is 16.5. The molecule has 0 rings (SSSR count). The van der Waals surface area contributed by atoms with E-state index in [1.165, 1.54) is 77.6 Å². The molecular weight excluding hydrogens is 352 g/mol. The van der Waals surface area contributed by atoms with Gasteiger partial charge in [0.2, 0.25) is 0 Å². The molecule has 0 heterocycles. The van der Waals surface area contributed by atoms with Crippen LogP contribution in [-0.4, -0.2) is 25.2 Å². The van der Waals surface area contributed by atoms with Crippen molar-refractivity contribution in [2.24, 2.45) is 0 Å². The molecule has 0 amide bonds. The number of carbonyl (C=O) groups excluding carboxylic acids is 2. The predicted molar refractivity (Wildman–Crippen MR) is 118 cm³/mol. The summed E-state index contributed by atoms with van der Waals surface area (Å²) in [6, 6.07) is 0. The molecule has 4 heteroatoms. The first-order valence-corrected chi connectivity index (χ1v) is 11.5. The van der Waals surface area contributed by atoms with Crippen molar-refractivity contribution < 1.29 is 19.1 Å². The Hall–Kier alpha value is -1.32. The second kappa shape index (κ2) is 25.7. The molecule has 0 aromatic rings. The number of allylic oxidation sites excluding steroid dienone is 2. The van der Waals surface area contributed by atoms with Gasteiger partial charge < -0.3 is 9.47 Å². The van der Waals surface area contributed by atoms with Gasteiger partial charge in [0.1, 0.15) is 0 Å². The minimum Gasteiger partial charge on any atom is -0.466 e. The summed E-state index contributed by atoms with van der Waals surface area (Å²) in [5.74, 6) is -0.252. The first kappa shape index (κ1) is 28.9. The second-order valence-electron chi connectivity index (χ2n) is 7.06. The van der Waals surface area contributed by atoms with E-state index in [1.54, 1.807) is 6.92 Å². The van der Waals surface area contributed by atoms with Crippen LogP contribution >= 0.6 is 0 Å². The Morgan fingerprint density at radius 2 is 1.11 bits per heavy atom. The molecule has 4 nitrogen and oxygen atoms in total. The molecule has 0 aromatic heterocycles. The van der Waals surface area contributed by atoms with Gasteiger partial charge >= 0.3 is 11.9 Å². The number of ether oxygens (including phenoxy) is 2. The summed E-state index contributed by atoms with van der Waals surface area (Å²) in [5.41, 5.74) is 0. The average Bonchev–Trinajstić information content (AvgIpc) is 2.65. The first-order valence-electron chi connectivity index (χ1n) is 11.5. The Balaban J connectivity index is 0. The van der Waals surface area contributed by atoms with E-state index in [0.29, 0.717) is 19.6 Å². The van der Waals surface area contributed by atoms with Crippen molar-refractivity contribution in [1.29, 1.82) is 0 Å². The Kier molecular flexibility index (Phi) is 26.5. The lowest BCUT2D eigenvalue weighted by atomic mass is 10.1. The van der Waals surface area contributed by atoms with Crippen molar-refractivity contribution >= 4 is 11.9 Å². The normalized spacial score (nSPS) is 10.4. The third-order valence-corrected chi connectivity index (χ3v) is 4.30. The van der Waals surface area contributed by atoms with E-state index in [2.05, 4.69) is 23.8 Å². The summed E-state index contributed by atoms with van der Waals surface area (Å²) >= 11 is 0. The zero-order chi connectivity index (χ0) is 21.3. The third-order valence-electron chi connectivity index (χ3n) is 4.30. The van der Waals surface area contributed by atoms with E-state index >= 15 is 0 Å². The van der Waals surface area contributed by atoms with Crippen molar-refractivity contribution in [3.05, 3.63) is 12.2 Å². The van der Waals surface area contributed by atoms with Crippen LogP contribution < -0.4 is 0 Å². The van der Waals surface area contributed by atoms with Crippen LogP contribution in [0, 0.1) is 0 Å². The molecule has 0 spiro atoms. The summed E-state index contributed by atoms with van der Waals surface area (Å²) in [7, 11) is 0. The Morgan fingerprint density at radius 3 is 1.54 bits per heavy atom. The van der Waals surface area contributed by atoms with Crippen LogP contribution in [0.5, 0.6) is 0 Å². The molecule has 0 saturated carbocycles. The topological polar surface area (TPSA) is 52.6 Å². The van der Waals surface area contributed by atoms with E-state index in [1.807, 2.05) is 6.92 Å². The van der Waals surface area contributed by atoms with Crippen molar-refractivity contribution in [1.82, 2.24) is 0 Å². The molecule has 0 aliphatic heterocycles. The highest BCUT2D eigenvalue weighted by molar-refractivity contribution is 5.69. The molecule has 0 aliphatic rings. The largest absolute Gasteiger partial charge is 0.466 e. The van der Waals surface area contributed by atoms with Gasteiger partial charge in [-0.15, -0.1) is 0 Å². The highest BCUT2D eigenvalue weighted by Crippen LogP contribution is 2.10. The lowest BCUT2D eigenvalue weighted by Crippen LogP contribution is -2.03. The van der Waals surface area contributed by atoms with Gasteiger partial charge in [-0.05, 0) is 46.0 Å². The van der Waals surface area contributed by atoms with Gasteiger partial charge in [-0.3, -0.25) is 9.59 Å². The van der Waals surface area contributed by atoms with Crippen LogP contribution in [0.4, 0.5) is 0 Å². The zero-order valence-corrected chi connectivity index (χ0v) is 19.1. The van der Waals surface area contributed by atoms with E-state index in [0.717, 1.165) is 12.8 Å². The average molecular weight is 399 g/mol. The Labute approximate surface area is 174 Å². The van der Waals surface area contributed by atoms with Crippen LogP contribution in [0.1, 0.15) is 118 Å². The molecule has 0 unspecified atom stereocenters. The van der Waals surface area contributed by atoms with Gasteiger partial charge in [-0.25, -0.2) is 0 Å². The van der Waals surface area contributed by atoms with Crippen LogP contribution in [0.15, 0.2) is 12.2 Å². The van der Waals surface area contributed by atoms with Gasteiger partial charge in [0.25, 0.3) is 0 Å². The molecule has 0 fully saturated rings. The minimum absolute atomic E-state index is 0.0415. The maximum atomic E-state index is 11.1. The quantitative estimate of drug-likeness (QED) is 0.148. The lowest BCUT2D eigenvalue weighted by molar-refractivity contribution is -0.143. The maximum absolute atomic E-state index is 11.1. The van der Waals surface area contributed by atoms with Crippen LogP contribution in [-0.2, 0) is 19.1 Å².